The zero-order chi connectivity index (χ0) is 23.2. The van der Waals surface area contributed by atoms with Crippen molar-refractivity contribution < 1.29 is 14.2 Å². The molecule has 4 atom stereocenters. The first-order valence-electron chi connectivity index (χ1n) is 12.9. The van der Waals surface area contributed by atoms with Gasteiger partial charge in [0.25, 0.3) is 0 Å². The number of aromatic nitrogens is 1. The zero-order valence-corrected chi connectivity index (χ0v) is 20.5. The third-order valence-electron chi connectivity index (χ3n) is 8.98. The summed E-state index contributed by atoms with van der Waals surface area (Å²) in [5.41, 5.74) is 6.22. The van der Waals surface area contributed by atoms with E-state index in [2.05, 4.69) is 40.4 Å². The summed E-state index contributed by atoms with van der Waals surface area (Å²) >= 11 is 0. The summed E-state index contributed by atoms with van der Waals surface area (Å²) in [5.74, 6) is 1.57. The summed E-state index contributed by atoms with van der Waals surface area (Å²) in [6.45, 7) is 3.46. The van der Waals surface area contributed by atoms with Crippen LogP contribution in [0, 0.1) is 11.3 Å². The van der Waals surface area contributed by atoms with Crippen molar-refractivity contribution in [2.24, 2.45) is 11.3 Å². The fourth-order valence-corrected chi connectivity index (χ4v) is 8.02. The molecule has 0 amide bonds. The predicted molar refractivity (Wildman–Crippen MR) is 133 cm³/mol. The van der Waals surface area contributed by atoms with Gasteiger partial charge in [0.15, 0.2) is 5.75 Å². The number of hydrogen-bond donors (Lipinski definition) is 1. The van der Waals surface area contributed by atoms with E-state index in [4.69, 9.17) is 14.2 Å². The molecule has 2 saturated carbocycles. The largest absolute Gasteiger partial charge is 0.487 e. The molecule has 2 heterocycles. The van der Waals surface area contributed by atoms with Gasteiger partial charge in [0.1, 0.15) is 6.61 Å². The van der Waals surface area contributed by atoms with E-state index in [1.165, 1.54) is 45.1 Å². The summed E-state index contributed by atoms with van der Waals surface area (Å²) in [5, 5.41) is 3.64. The van der Waals surface area contributed by atoms with Gasteiger partial charge in [0.2, 0.25) is 0 Å². The van der Waals surface area contributed by atoms with Crippen molar-refractivity contribution in [2.45, 2.75) is 50.0 Å². The first kappa shape index (κ1) is 22.3. The molecule has 6 nitrogen and oxygen atoms in total. The Bertz CT molecular complexity index is 1050. The Morgan fingerprint density at radius 2 is 2.06 bits per heavy atom. The van der Waals surface area contributed by atoms with Crippen LogP contribution in [0.25, 0.3) is 0 Å². The average molecular weight is 464 g/mol. The van der Waals surface area contributed by atoms with Crippen LogP contribution in [-0.4, -0.2) is 63.1 Å². The molecule has 34 heavy (non-hydrogen) atoms. The third kappa shape index (κ3) is 3.53. The lowest BCUT2D eigenvalue weighted by Gasteiger charge is -2.55. The van der Waals surface area contributed by atoms with Gasteiger partial charge in [-0.25, -0.2) is 0 Å². The maximum atomic E-state index is 5.99. The number of anilines is 2. The standard InChI is InChI=1S/C28H37N3O3/c1-31-19-27-16-20-6-7-21(15-23(20)28(18-27)9-4-3-5-22(28)26(27)31)30-24-8-10-29-17-25(24)34-14-13-33-12-11-32-2/h6-8,10,15,17,22,26H,3-5,9,11-14,16,18-19H2,1-2H3,(H,29,30)/t22-,26?,27?,28+/m0/s1. The molecule has 1 aromatic heterocycles. The molecule has 3 aliphatic carbocycles. The number of pyridine rings is 1. The number of methoxy groups -OCH3 is 1. The molecule has 2 bridgehead atoms. The van der Waals surface area contributed by atoms with Gasteiger partial charge in [-0.3, -0.25) is 4.98 Å². The van der Waals surface area contributed by atoms with E-state index in [1.807, 2.05) is 12.3 Å². The number of nitrogens with one attached hydrogen (secondary N) is 1. The minimum atomic E-state index is 0.371. The summed E-state index contributed by atoms with van der Waals surface area (Å²) in [6, 6.07) is 9.89. The second-order valence-electron chi connectivity index (χ2n) is 10.9. The van der Waals surface area contributed by atoms with Crippen molar-refractivity contribution in [3.05, 3.63) is 47.8 Å². The van der Waals surface area contributed by atoms with E-state index in [1.54, 1.807) is 24.4 Å². The predicted octanol–water partition coefficient (Wildman–Crippen LogP) is 4.56. The first-order valence-corrected chi connectivity index (χ1v) is 12.9. The molecule has 3 fully saturated rings. The number of hydrogen-bond acceptors (Lipinski definition) is 6. The molecule has 2 spiro atoms. The van der Waals surface area contributed by atoms with Crippen LogP contribution in [0.2, 0.25) is 0 Å². The van der Waals surface area contributed by atoms with Gasteiger partial charge >= 0.3 is 0 Å². The van der Waals surface area contributed by atoms with E-state index < -0.39 is 0 Å². The van der Waals surface area contributed by atoms with Crippen molar-refractivity contribution in [3.8, 4) is 5.75 Å². The first-order chi connectivity index (χ1) is 16.7. The highest BCUT2D eigenvalue weighted by molar-refractivity contribution is 5.67. The second-order valence-corrected chi connectivity index (χ2v) is 10.9. The lowest BCUT2D eigenvalue weighted by atomic mass is 9.60. The minimum absolute atomic E-state index is 0.371. The number of benzene rings is 1. The molecular formula is C28H37N3O3. The van der Waals surface area contributed by atoms with Gasteiger partial charge in [-0.2, -0.15) is 0 Å². The molecule has 1 aliphatic heterocycles. The summed E-state index contributed by atoms with van der Waals surface area (Å²) in [4.78, 5) is 6.92. The molecule has 1 saturated heterocycles. The van der Waals surface area contributed by atoms with E-state index in [0.717, 1.165) is 29.1 Å². The third-order valence-corrected chi connectivity index (χ3v) is 8.98. The van der Waals surface area contributed by atoms with Crippen LogP contribution in [0.15, 0.2) is 36.7 Å². The Balaban J connectivity index is 1.22. The topological polar surface area (TPSA) is 55.9 Å². The molecule has 1 N–H and O–H groups in total. The minimum Gasteiger partial charge on any atom is -0.487 e. The van der Waals surface area contributed by atoms with Gasteiger partial charge in [0.05, 0.1) is 31.7 Å². The summed E-state index contributed by atoms with van der Waals surface area (Å²) < 4.78 is 16.5. The highest BCUT2D eigenvalue weighted by Gasteiger charge is 2.69. The van der Waals surface area contributed by atoms with Crippen LogP contribution in [0.1, 0.15) is 43.2 Å². The van der Waals surface area contributed by atoms with Gasteiger partial charge in [0, 0.05) is 42.4 Å². The highest BCUT2D eigenvalue weighted by Crippen LogP contribution is 2.69. The monoisotopic (exact) mass is 463 g/mol. The Kier molecular flexibility index (Phi) is 5.79. The quantitative estimate of drug-likeness (QED) is 0.551. The van der Waals surface area contributed by atoms with Crippen LogP contribution in [0.5, 0.6) is 5.75 Å². The Morgan fingerprint density at radius 1 is 1.15 bits per heavy atom. The summed E-state index contributed by atoms with van der Waals surface area (Å²) in [6.07, 6.45) is 11.7. The molecule has 1 aromatic carbocycles. The zero-order valence-electron chi connectivity index (χ0n) is 20.5. The second kappa shape index (κ2) is 8.81. The van der Waals surface area contributed by atoms with Gasteiger partial charge < -0.3 is 24.4 Å². The van der Waals surface area contributed by atoms with E-state index in [0.29, 0.717) is 37.3 Å². The maximum absolute atomic E-state index is 5.99. The Morgan fingerprint density at radius 3 is 2.94 bits per heavy atom. The number of ether oxygens (including phenoxy) is 3. The fraction of sp³-hybridized carbons (Fsp3) is 0.607. The lowest BCUT2D eigenvalue weighted by molar-refractivity contribution is -0.0519. The number of nitrogens with zero attached hydrogens (tertiary/aromatic N) is 2. The maximum Gasteiger partial charge on any atom is 0.161 e. The van der Waals surface area contributed by atoms with Gasteiger partial charge in [-0.1, -0.05) is 18.9 Å². The number of likely N-dealkylation sites (tertiary alicyclic amines) is 1. The lowest BCUT2D eigenvalue weighted by Crippen LogP contribution is -2.62. The normalized spacial score (nSPS) is 31.2. The van der Waals surface area contributed by atoms with Crippen LogP contribution in [-0.2, 0) is 21.3 Å². The van der Waals surface area contributed by atoms with Gasteiger partial charge in [-0.15, -0.1) is 0 Å². The van der Waals surface area contributed by atoms with Crippen LogP contribution >= 0.6 is 0 Å². The van der Waals surface area contributed by atoms with Gasteiger partial charge in [-0.05, 0) is 68.0 Å². The van der Waals surface area contributed by atoms with E-state index >= 15 is 0 Å². The molecule has 6 rings (SSSR count). The SMILES string of the molecule is COCCOCCOc1cnccc1Nc1ccc2c(c1)[C@@]13CCCC[C@H]1C1N(C)CC1(C2)C3. The fourth-order valence-electron chi connectivity index (χ4n) is 8.02. The van der Waals surface area contributed by atoms with E-state index in [-0.39, 0.29) is 0 Å². The molecule has 2 aromatic rings. The Labute approximate surface area is 203 Å². The summed E-state index contributed by atoms with van der Waals surface area (Å²) in [7, 11) is 4.03. The van der Waals surface area contributed by atoms with Crippen LogP contribution in [0.4, 0.5) is 11.4 Å². The highest BCUT2D eigenvalue weighted by atomic mass is 16.5. The van der Waals surface area contributed by atoms with Crippen molar-refractivity contribution in [1.29, 1.82) is 0 Å². The van der Waals surface area contributed by atoms with Crippen molar-refractivity contribution in [3.63, 3.8) is 0 Å². The molecule has 6 heteroatoms. The number of rotatable bonds is 9. The average Bonchev–Trinajstić information content (AvgIpc) is 3.03. The molecule has 2 unspecified atom stereocenters. The van der Waals surface area contributed by atoms with Crippen molar-refractivity contribution in [1.82, 2.24) is 9.88 Å². The molecule has 0 radical (unpaired) electrons. The van der Waals surface area contributed by atoms with E-state index in [9.17, 15) is 0 Å². The Hall–Kier alpha value is -2.15. The van der Waals surface area contributed by atoms with Crippen LogP contribution in [0.3, 0.4) is 0 Å². The molecular weight excluding hydrogens is 426 g/mol. The number of fused-ring (bicyclic) bond motifs is 2. The molecule has 182 valence electrons. The van der Waals surface area contributed by atoms with Crippen LogP contribution < -0.4 is 10.1 Å². The smallest absolute Gasteiger partial charge is 0.161 e. The van der Waals surface area contributed by atoms with Crippen molar-refractivity contribution >= 4 is 11.4 Å². The van der Waals surface area contributed by atoms with Crippen molar-refractivity contribution in [2.75, 3.05) is 52.4 Å². The molecule has 4 aliphatic rings.